The quantitative estimate of drug-likeness (QED) is 0.389. The minimum Gasteiger partial charge on any atom is -0.453 e. The maximum atomic E-state index is 13.4. The molecule has 9 nitrogen and oxygen atoms in total. The Labute approximate surface area is 246 Å². The number of hydrogen-bond acceptors (Lipinski definition) is 5. The average molecular weight is 575 g/mol. The van der Waals surface area contributed by atoms with Crippen LogP contribution in [-0.4, -0.2) is 70.3 Å². The average Bonchev–Trinajstić information content (AvgIpc) is 3.45. The van der Waals surface area contributed by atoms with Crippen molar-refractivity contribution < 1.29 is 18.7 Å². The molecule has 3 aromatic rings. The van der Waals surface area contributed by atoms with E-state index in [1.807, 2.05) is 30.3 Å². The van der Waals surface area contributed by atoms with Gasteiger partial charge in [-0.05, 0) is 75.4 Å². The third kappa shape index (κ3) is 5.72. The second-order valence-corrected chi connectivity index (χ2v) is 11.6. The number of benzene rings is 2. The standard InChI is InChI=1S/C32H39FN6O3/c1-22-34-29-21-36(32(41)42-2)18-15-30(29)39(22)28-19-26-13-14-27(20-28)37(26)16-6-17-38(25-7-4-3-5-8-25)31(40)35-24-11-9-23(33)10-12-24/h3-5,7-12,26-28H,6,13-21H2,1-2H3,(H,35,40)/t26-,27+,28+. The van der Waals surface area contributed by atoms with E-state index in [1.54, 1.807) is 21.9 Å². The van der Waals surface area contributed by atoms with Gasteiger partial charge in [-0.3, -0.25) is 9.80 Å². The van der Waals surface area contributed by atoms with Crippen molar-refractivity contribution in [2.45, 2.75) is 70.1 Å². The number of carbonyl (C=O) groups excluding carboxylic acids is 2. The highest BCUT2D eigenvalue weighted by molar-refractivity contribution is 6.01. The Balaban J connectivity index is 1.09. The number of piperidine rings is 1. The van der Waals surface area contributed by atoms with Crippen molar-refractivity contribution in [1.82, 2.24) is 19.4 Å². The number of para-hydroxylation sites is 1. The number of nitrogens with one attached hydrogen (secondary N) is 1. The summed E-state index contributed by atoms with van der Waals surface area (Å²) in [7, 11) is 1.42. The number of urea groups is 1. The zero-order chi connectivity index (χ0) is 29.2. The molecule has 0 aliphatic carbocycles. The number of aromatic nitrogens is 2. The van der Waals surface area contributed by atoms with Crippen LogP contribution in [0.1, 0.15) is 55.4 Å². The Hall–Kier alpha value is -3.92. The first kappa shape index (κ1) is 28.2. The fourth-order valence-electron chi connectivity index (χ4n) is 7.22. The molecule has 3 aliphatic heterocycles. The number of imidazole rings is 1. The van der Waals surface area contributed by atoms with E-state index >= 15 is 0 Å². The summed E-state index contributed by atoms with van der Waals surface area (Å²) >= 11 is 0. The number of hydrogen-bond donors (Lipinski definition) is 1. The molecule has 0 unspecified atom stereocenters. The summed E-state index contributed by atoms with van der Waals surface area (Å²) in [5, 5.41) is 2.92. The largest absolute Gasteiger partial charge is 0.453 e. The number of nitrogens with zero attached hydrogens (tertiary/aromatic N) is 5. The third-order valence-electron chi connectivity index (χ3n) is 9.09. The van der Waals surface area contributed by atoms with Crippen LogP contribution in [0.2, 0.25) is 0 Å². The second kappa shape index (κ2) is 12.1. The lowest BCUT2D eigenvalue weighted by molar-refractivity contribution is 0.103. The van der Waals surface area contributed by atoms with Gasteiger partial charge in [0.05, 0.1) is 19.3 Å². The molecule has 0 spiro atoms. The van der Waals surface area contributed by atoms with Gasteiger partial charge in [0.15, 0.2) is 0 Å². The predicted molar refractivity (Wildman–Crippen MR) is 159 cm³/mol. The molecule has 0 radical (unpaired) electrons. The van der Waals surface area contributed by atoms with Crippen molar-refractivity contribution >= 4 is 23.5 Å². The molecule has 2 fully saturated rings. The Morgan fingerprint density at radius 3 is 2.45 bits per heavy atom. The fraction of sp³-hybridized carbons (Fsp3) is 0.469. The van der Waals surface area contributed by atoms with Gasteiger partial charge in [-0.15, -0.1) is 0 Å². The number of ether oxygens (including phenoxy) is 1. The van der Waals surface area contributed by atoms with Crippen molar-refractivity contribution in [3.8, 4) is 0 Å². The Morgan fingerprint density at radius 2 is 1.76 bits per heavy atom. The third-order valence-corrected chi connectivity index (χ3v) is 9.09. The highest BCUT2D eigenvalue weighted by atomic mass is 19.1. The molecule has 2 saturated heterocycles. The van der Waals surface area contributed by atoms with Gasteiger partial charge in [0.1, 0.15) is 11.6 Å². The van der Waals surface area contributed by atoms with Crippen molar-refractivity contribution in [1.29, 1.82) is 0 Å². The molecule has 6 rings (SSSR count). The summed E-state index contributed by atoms with van der Waals surface area (Å²) in [5.41, 5.74) is 3.68. The van der Waals surface area contributed by atoms with E-state index in [1.165, 1.54) is 37.8 Å². The minimum absolute atomic E-state index is 0.222. The molecule has 42 heavy (non-hydrogen) atoms. The molecule has 4 heterocycles. The molecule has 3 aliphatic rings. The lowest BCUT2D eigenvalue weighted by Crippen LogP contribution is -2.45. The second-order valence-electron chi connectivity index (χ2n) is 11.6. The maximum Gasteiger partial charge on any atom is 0.409 e. The lowest BCUT2D eigenvalue weighted by Gasteiger charge is -2.41. The summed E-state index contributed by atoms with van der Waals surface area (Å²) in [4.78, 5) is 36.4. The van der Waals surface area contributed by atoms with Crippen LogP contribution in [0.25, 0.3) is 0 Å². The van der Waals surface area contributed by atoms with E-state index in [-0.39, 0.29) is 17.9 Å². The Kier molecular flexibility index (Phi) is 8.15. The van der Waals surface area contributed by atoms with Gasteiger partial charge in [0.2, 0.25) is 0 Å². The van der Waals surface area contributed by atoms with Gasteiger partial charge in [0.25, 0.3) is 0 Å². The molecule has 1 N–H and O–H groups in total. The van der Waals surface area contributed by atoms with Crippen molar-refractivity contribution in [2.75, 3.05) is 37.0 Å². The van der Waals surface area contributed by atoms with Crippen LogP contribution < -0.4 is 10.2 Å². The van der Waals surface area contributed by atoms with Crippen LogP contribution in [0.5, 0.6) is 0 Å². The highest BCUT2D eigenvalue weighted by Crippen LogP contribution is 2.42. The van der Waals surface area contributed by atoms with Crippen LogP contribution in [-0.2, 0) is 17.7 Å². The summed E-state index contributed by atoms with van der Waals surface area (Å²) in [6.45, 7) is 4.77. The molecule has 0 saturated carbocycles. The normalized spacial score (nSPS) is 21.6. The smallest absolute Gasteiger partial charge is 0.409 e. The van der Waals surface area contributed by atoms with Gasteiger partial charge in [-0.1, -0.05) is 18.2 Å². The van der Waals surface area contributed by atoms with Crippen LogP contribution >= 0.6 is 0 Å². The first-order chi connectivity index (χ1) is 20.4. The minimum atomic E-state index is -0.334. The number of fused-ring (bicyclic) bond motifs is 3. The van der Waals surface area contributed by atoms with E-state index in [9.17, 15) is 14.0 Å². The molecule has 1 aromatic heterocycles. The molecule has 2 aromatic carbocycles. The van der Waals surface area contributed by atoms with Crippen molar-refractivity contribution in [3.05, 3.63) is 77.6 Å². The van der Waals surface area contributed by atoms with Crippen LogP contribution in [0.3, 0.4) is 0 Å². The first-order valence-electron chi connectivity index (χ1n) is 15.0. The lowest BCUT2D eigenvalue weighted by atomic mass is 9.95. The highest BCUT2D eigenvalue weighted by Gasteiger charge is 2.42. The molecule has 222 valence electrons. The van der Waals surface area contributed by atoms with Gasteiger partial charge >= 0.3 is 12.1 Å². The Bertz CT molecular complexity index is 1400. The summed E-state index contributed by atoms with van der Waals surface area (Å²) in [6.07, 6.45) is 5.93. The van der Waals surface area contributed by atoms with E-state index in [0.29, 0.717) is 43.4 Å². The van der Waals surface area contributed by atoms with Crippen molar-refractivity contribution in [2.24, 2.45) is 0 Å². The maximum absolute atomic E-state index is 13.4. The molecular weight excluding hydrogens is 535 g/mol. The number of aryl methyl sites for hydroxylation is 1. The number of amides is 3. The predicted octanol–water partition coefficient (Wildman–Crippen LogP) is 5.75. The summed E-state index contributed by atoms with van der Waals surface area (Å²) < 4.78 is 20.8. The number of anilines is 2. The van der Waals surface area contributed by atoms with Crippen molar-refractivity contribution in [3.63, 3.8) is 0 Å². The molecule has 3 atom stereocenters. The van der Waals surface area contributed by atoms with E-state index in [4.69, 9.17) is 9.72 Å². The van der Waals surface area contributed by atoms with Gasteiger partial charge in [-0.2, -0.15) is 0 Å². The molecular formula is C32H39FN6O3. The Morgan fingerprint density at radius 1 is 1.05 bits per heavy atom. The fourth-order valence-corrected chi connectivity index (χ4v) is 7.22. The molecule has 3 amide bonds. The topological polar surface area (TPSA) is 82.9 Å². The number of methoxy groups -OCH3 is 1. The van der Waals surface area contributed by atoms with Gasteiger partial charge in [0, 0.05) is 61.2 Å². The van der Waals surface area contributed by atoms with Crippen LogP contribution in [0.15, 0.2) is 54.6 Å². The van der Waals surface area contributed by atoms with E-state index in [0.717, 1.165) is 49.4 Å². The van der Waals surface area contributed by atoms with Crippen LogP contribution in [0, 0.1) is 12.7 Å². The van der Waals surface area contributed by atoms with Gasteiger partial charge in [-0.25, -0.2) is 19.0 Å². The van der Waals surface area contributed by atoms with E-state index in [2.05, 4.69) is 21.7 Å². The monoisotopic (exact) mass is 574 g/mol. The zero-order valence-corrected chi connectivity index (χ0v) is 24.3. The summed E-state index contributed by atoms with van der Waals surface area (Å²) in [5.74, 6) is 0.704. The summed E-state index contributed by atoms with van der Waals surface area (Å²) in [6, 6.07) is 16.8. The zero-order valence-electron chi connectivity index (χ0n) is 24.3. The van der Waals surface area contributed by atoms with E-state index < -0.39 is 0 Å². The van der Waals surface area contributed by atoms with Gasteiger partial charge < -0.3 is 19.5 Å². The van der Waals surface area contributed by atoms with Crippen LogP contribution in [0.4, 0.5) is 25.4 Å². The molecule has 2 bridgehead atoms. The number of rotatable bonds is 7. The number of halogens is 1. The first-order valence-corrected chi connectivity index (χ1v) is 15.0. The SMILES string of the molecule is COC(=O)N1CCc2c(nc(C)n2[C@H]2C[C@H]3CC[C@@H](C2)N3CCCN(C(=O)Nc2ccc(F)cc2)c2ccccc2)C1. The number of carbonyl (C=O) groups is 2. The molecule has 10 heteroatoms.